The normalized spacial score (nSPS) is 33.0. The van der Waals surface area contributed by atoms with Crippen LogP contribution in [-0.2, 0) is 0 Å². The van der Waals surface area contributed by atoms with Crippen LogP contribution in [0, 0.1) is 11.3 Å². The van der Waals surface area contributed by atoms with Crippen molar-refractivity contribution in [3.05, 3.63) is 0 Å². The molecule has 0 aromatic heterocycles. The molecule has 124 valence electrons. The summed E-state index contributed by atoms with van der Waals surface area (Å²) in [7, 11) is 2.15. The molecule has 2 rings (SSSR count). The fourth-order valence-corrected chi connectivity index (χ4v) is 4.28. The van der Waals surface area contributed by atoms with Crippen molar-refractivity contribution in [1.29, 1.82) is 0 Å². The topological polar surface area (TPSA) is 18.5 Å². The molecule has 3 unspecified atom stereocenters. The Morgan fingerprint density at radius 1 is 1.19 bits per heavy atom. The quantitative estimate of drug-likeness (QED) is 0.841. The highest BCUT2D eigenvalue weighted by Crippen LogP contribution is 2.39. The van der Waals surface area contributed by atoms with Crippen molar-refractivity contribution >= 4 is 0 Å². The Bertz CT molecular complexity index is 308. The Labute approximate surface area is 132 Å². The van der Waals surface area contributed by atoms with Gasteiger partial charge >= 0.3 is 0 Å². The van der Waals surface area contributed by atoms with Crippen molar-refractivity contribution < 1.29 is 0 Å². The van der Waals surface area contributed by atoms with Crippen LogP contribution in [0.25, 0.3) is 0 Å². The van der Waals surface area contributed by atoms with Gasteiger partial charge in [-0.05, 0) is 51.0 Å². The number of hydrogen-bond acceptors (Lipinski definition) is 3. The smallest absolute Gasteiger partial charge is 0.0113 e. The molecule has 1 saturated carbocycles. The molecule has 1 aliphatic heterocycles. The molecule has 3 heteroatoms. The van der Waals surface area contributed by atoms with Crippen LogP contribution < -0.4 is 5.32 Å². The SMILES string of the molecule is CCC(C)N1CCN(CC2CC(C)(C)CCC2NC)CC1. The molecule has 0 bridgehead atoms. The number of nitrogens with one attached hydrogen (secondary N) is 1. The summed E-state index contributed by atoms with van der Waals surface area (Å²) >= 11 is 0. The largest absolute Gasteiger partial charge is 0.317 e. The highest BCUT2D eigenvalue weighted by atomic mass is 15.3. The average molecular weight is 296 g/mol. The van der Waals surface area contributed by atoms with E-state index in [9.17, 15) is 0 Å². The predicted octanol–water partition coefficient (Wildman–Crippen LogP) is 2.82. The molecule has 3 atom stereocenters. The number of rotatable bonds is 5. The van der Waals surface area contributed by atoms with Gasteiger partial charge in [0.1, 0.15) is 0 Å². The molecule has 1 aliphatic carbocycles. The number of hydrogen-bond donors (Lipinski definition) is 1. The van der Waals surface area contributed by atoms with Gasteiger partial charge in [-0.25, -0.2) is 0 Å². The standard InChI is InChI=1S/C18H37N3/c1-6-15(2)21-11-9-20(10-12-21)14-16-13-18(3,4)8-7-17(16)19-5/h15-17,19H,6-14H2,1-5H3. The first-order valence-electron chi connectivity index (χ1n) is 9.09. The Kier molecular flexibility index (Phi) is 6.10. The second-order valence-electron chi connectivity index (χ2n) is 8.16. The molecular weight excluding hydrogens is 258 g/mol. The highest BCUT2D eigenvalue weighted by molar-refractivity contribution is 4.90. The van der Waals surface area contributed by atoms with E-state index in [2.05, 4.69) is 49.9 Å². The van der Waals surface area contributed by atoms with Crippen molar-refractivity contribution in [2.45, 2.75) is 65.5 Å². The molecule has 0 radical (unpaired) electrons. The van der Waals surface area contributed by atoms with E-state index in [0.717, 1.165) is 18.0 Å². The van der Waals surface area contributed by atoms with Crippen LogP contribution in [-0.4, -0.2) is 61.7 Å². The molecule has 3 nitrogen and oxygen atoms in total. The van der Waals surface area contributed by atoms with Gasteiger partial charge in [0, 0.05) is 44.8 Å². The summed E-state index contributed by atoms with van der Waals surface area (Å²) in [5.41, 5.74) is 0.538. The Morgan fingerprint density at radius 3 is 2.43 bits per heavy atom. The lowest BCUT2D eigenvalue weighted by Crippen LogP contribution is -2.53. The summed E-state index contributed by atoms with van der Waals surface area (Å²) in [4.78, 5) is 5.38. The fourth-order valence-electron chi connectivity index (χ4n) is 4.28. The van der Waals surface area contributed by atoms with Gasteiger partial charge in [-0.15, -0.1) is 0 Å². The van der Waals surface area contributed by atoms with E-state index in [1.165, 1.54) is 58.4 Å². The zero-order chi connectivity index (χ0) is 15.5. The Balaban J connectivity index is 1.83. The van der Waals surface area contributed by atoms with E-state index in [0.29, 0.717) is 5.41 Å². The Morgan fingerprint density at radius 2 is 1.86 bits per heavy atom. The molecule has 0 aromatic rings. The van der Waals surface area contributed by atoms with Crippen molar-refractivity contribution in [3.63, 3.8) is 0 Å². The monoisotopic (exact) mass is 295 g/mol. The Hall–Kier alpha value is -0.120. The van der Waals surface area contributed by atoms with Gasteiger partial charge in [-0.1, -0.05) is 20.8 Å². The van der Waals surface area contributed by atoms with Crippen molar-refractivity contribution in [1.82, 2.24) is 15.1 Å². The highest BCUT2D eigenvalue weighted by Gasteiger charge is 2.35. The molecule has 0 aromatic carbocycles. The van der Waals surface area contributed by atoms with Crippen LogP contribution in [0.2, 0.25) is 0 Å². The van der Waals surface area contributed by atoms with Crippen molar-refractivity contribution in [3.8, 4) is 0 Å². The summed E-state index contributed by atoms with van der Waals surface area (Å²) in [5.74, 6) is 0.828. The first kappa shape index (κ1) is 17.2. The number of piperazine rings is 1. The summed E-state index contributed by atoms with van der Waals surface area (Å²) in [6, 6.07) is 1.48. The third-order valence-electron chi connectivity index (χ3n) is 6.00. The second kappa shape index (κ2) is 7.43. The van der Waals surface area contributed by atoms with Gasteiger partial charge in [0.05, 0.1) is 0 Å². The van der Waals surface area contributed by atoms with Crippen LogP contribution in [0.3, 0.4) is 0 Å². The van der Waals surface area contributed by atoms with Crippen LogP contribution >= 0.6 is 0 Å². The molecule has 1 N–H and O–H groups in total. The van der Waals surface area contributed by atoms with Crippen LogP contribution in [0.15, 0.2) is 0 Å². The predicted molar refractivity (Wildman–Crippen MR) is 91.7 cm³/mol. The van der Waals surface area contributed by atoms with E-state index in [4.69, 9.17) is 0 Å². The molecule has 1 saturated heterocycles. The van der Waals surface area contributed by atoms with Gasteiger partial charge in [0.15, 0.2) is 0 Å². The maximum absolute atomic E-state index is 3.58. The number of nitrogens with zero attached hydrogens (tertiary/aromatic N) is 2. The minimum absolute atomic E-state index is 0.538. The molecular formula is C18H37N3. The van der Waals surface area contributed by atoms with Crippen molar-refractivity contribution in [2.75, 3.05) is 39.8 Å². The molecule has 1 heterocycles. The second-order valence-corrected chi connectivity index (χ2v) is 8.16. The van der Waals surface area contributed by atoms with E-state index in [1.807, 2.05) is 0 Å². The third-order valence-corrected chi connectivity index (χ3v) is 6.00. The van der Waals surface area contributed by atoms with Crippen LogP contribution in [0.1, 0.15) is 53.4 Å². The first-order chi connectivity index (χ1) is 9.95. The van der Waals surface area contributed by atoms with Gasteiger partial charge in [0.25, 0.3) is 0 Å². The molecule has 0 spiro atoms. The van der Waals surface area contributed by atoms with Crippen LogP contribution in [0.5, 0.6) is 0 Å². The van der Waals surface area contributed by atoms with E-state index in [1.54, 1.807) is 0 Å². The van der Waals surface area contributed by atoms with E-state index in [-0.39, 0.29) is 0 Å². The molecule has 0 amide bonds. The molecule has 21 heavy (non-hydrogen) atoms. The average Bonchev–Trinajstić information content (AvgIpc) is 2.47. The maximum Gasteiger partial charge on any atom is 0.0113 e. The zero-order valence-corrected chi connectivity index (χ0v) is 15.0. The van der Waals surface area contributed by atoms with Gasteiger partial charge in [-0.2, -0.15) is 0 Å². The molecule has 2 fully saturated rings. The summed E-state index contributed by atoms with van der Waals surface area (Å²) in [5, 5.41) is 3.58. The van der Waals surface area contributed by atoms with Gasteiger partial charge in [0.2, 0.25) is 0 Å². The summed E-state index contributed by atoms with van der Waals surface area (Å²) in [6.07, 6.45) is 5.38. The lowest BCUT2D eigenvalue weighted by Gasteiger charge is -2.45. The van der Waals surface area contributed by atoms with Crippen molar-refractivity contribution in [2.24, 2.45) is 11.3 Å². The minimum atomic E-state index is 0.538. The summed E-state index contributed by atoms with van der Waals surface area (Å²) < 4.78 is 0. The van der Waals surface area contributed by atoms with Gasteiger partial charge < -0.3 is 10.2 Å². The van der Waals surface area contributed by atoms with Gasteiger partial charge in [-0.3, -0.25) is 4.90 Å². The molecule has 2 aliphatic rings. The van der Waals surface area contributed by atoms with E-state index >= 15 is 0 Å². The lowest BCUT2D eigenvalue weighted by molar-refractivity contribution is 0.0593. The van der Waals surface area contributed by atoms with E-state index < -0.39 is 0 Å². The lowest BCUT2D eigenvalue weighted by atomic mass is 9.69. The fraction of sp³-hybridized carbons (Fsp3) is 1.00. The van der Waals surface area contributed by atoms with Crippen LogP contribution in [0.4, 0.5) is 0 Å². The third kappa shape index (κ3) is 4.67. The zero-order valence-electron chi connectivity index (χ0n) is 15.0. The minimum Gasteiger partial charge on any atom is -0.317 e. The first-order valence-corrected chi connectivity index (χ1v) is 9.09. The summed E-state index contributed by atoms with van der Waals surface area (Å²) in [6.45, 7) is 15.9. The maximum atomic E-state index is 3.58.